The van der Waals surface area contributed by atoms with Gasteiger partial charge in [0.05, 0.1) is 26.3 Å². The molecule has 2 heterocycles. The maximum atomic E-state index is 12.7. The maximum absolute atomic E-state index is 12.7. The number of anilines is 3. The van der Waals surface area contributed by atoms with E-state index in [2.05, 4.69) is 27.2 Å². The summed E-state index contributed by atoms with van der Waals surface area (Å²) in [7, 11) is 1.68. The Bertz CT molecular complexity index is 909. The number of amides is 2. The van der Waals surface area contributed by atoms with Crippen molar-refractivity contribution >= 4 is 28.9 Å². The van der Waals surface area contributed by atoms with Gasteiger partial charge in [-0.25, -0.2) is 0 Å². The number of para-hydroxylation sites is 1. The molecule has 4 rings (SSSR count). The molecule has 0 saturated carbocycles. The third kappa shape index (κ3) is 5.35. The van der Waals surface area contributed by atoms with Crippen LogP contribution in [0.4, 0.5) is 17.1 Å². The average Bonchev–Trinajstić information content (AvgIpc) is 2.80. The van der Waals surface area contributed by atoms with E-state index in [0.717, 1.165) is 62.8 Å². The predicted molar refractivity (Wildman–Crippen MR) is 123 cm³/mol. The van der Waals surface area contributed by atoms with Gasteiger partial charge in [0.2, 0.25) is 11.8 Å². The lowest BCUT2D eigenvalue weighted by molar-refractivity contribution is -0.132. The third-order valence-electron chi connectivity index (χ3n) is 5.87. The Morgan fingerprint density at radius 1 is 1.03 bits per heavy atom. The van der Waals surface area contributed by atoms with Gasteiger partial charge in [-0.1, -0.05) is 18.2 Å². The summed E-state index contributed by atoms with van der Waals surface area (Å²) in [4.78, 5) is 31.0. The van der Waals surface area contributed by atoms with Crippen molar-refractivity contribution in [3.05, 3.63) is 54.1 Å². The Morgan fingerprint density at radius 2 is 1.77 bits per heavy atom. The predicted octanol–water partition coefficient (Wildman–Crippen LogP) is 2.37. The number of ether oxygens (including phenoxy) is 1. The number of nitrogens with zero attached hydrogens (tertiary/aromatic N) is 3. The lowest BCUT2D eigenvalue weighted by Gasteiger charge is -2.32. The lowest BCUT2D eigenvalue weighted by atomic mass is 10.0. The van der Waals surface area contributed by atoms with E-state index in [4.69, 9.17) is 4.74 Å². The van der Waals surface area contributed by atoms with Crippen molar-refractivity contribution < 1.29 is 14.3 Å². The van der Waals surface area contributed by atoms with Crippen LogP contribution in [0.5, 0.6) is 0 Å². The van der Waals surface area contributed by atoms with E-state index in [9.17, 15) is 9.59 Å². The Balaban J connectivity index is 1.28. The summed E-state index contributed by atoms with van der Waals surface area (Å²) in [5.41, 5.74) is 4.26. The molecular formula is C24H30N4O3. The Kier molecular flexibility index (Phi) is 6.72. The molecule has 1 saturated heterocycles. The molecule has 2 aromatic carbocycles. The maximum Gasteiger partial charge on any atom is 0.243 e. The molecule has 0 radical (unpaired) electrons. The van der Waals surface area contributed by atoms with Crippen molar-refractivity contribution in [3.63, 3.8) is 0 Å². The van der Waals surface area contributed by atoms with E-state index in [0.29, 0.717) is 0 Å². The van der Waals surface area contributed by atoms with Crippen LogP contribution in [-0.2, 0) is 20.7 Å². The van der Waals surface area contributed by atoms with Crippen LogP contribution < -0.4 is 15.1 Å². The van der Waals surface area contributed by atoms with Gasteiger partial charge >= 0.3 is 0 Å². The number of fused-ring (bicyclic) bond motifs is 1. The highest BCUT2D eigenvalue weighted by atomic mass is 16.5. The minimum atomic E-state index is -0.200. The van der Waals surface area contributed by atoms with Gasteiger partial charge in [-0.3, -0.25) is 9.59 Å². The fraction of sp³-hybridized carbons (Fsp3) is 0.417. The SMILES string of the molecule is CN(CC(=O)Nc1ccc(N2CCOCC2)cc1)C(=O)CN1CCCc2ccccc21. The highest BCUT2D eigenvalue weighted by Crippen LogP contribution is 2.26. The van der Waals surface area contributed by atoms with E-state index in [1.165, 1.54) is 10.5 Å². The first-order valence-corrected chi connectivity index (χ1v) is 10.9. The van der Waals surface area contributed by atoms with E-state index in [1.807, 2.05) is 36.4 Å². The highest BCUT2D eigenvalue weighted by molar-refractivity contribution is 5.95. The number of aryl methyl sites for hydroxylation is 1. The minimum Gasteiger partial charge on any atom is -0.378 e. The number of hydrogen-bond acceptors (Lipinski definition) is 5. The molecule has 7 nitrogen and oxygen atoms in total. The van der Waals surface area contributed by atoms with Crippen LogP contribution in [0.25, 0.3) is 0 Å². The summed E-state index contributed by atoms with van der Waals surface area (Å²) in [6, 6.07) is 16.0. The number of benzene rings is 2. The van der Waals surface area contributed by atoms with E-state index in [1.54, 1.807) is 7.05 Å². The molecule has 0 spiro atoms. The Labute approximate surface area is 183 Å². The lowest BCUT2D eigenvalue weighted by Crippen LogP contribution is -2.43. The number of hydrogen-bond donors (Lipinski definition) is 1. The molecule has 0 aliphatic carbocycles. The number of carbonyl (C=O) groups is 2. The molecule has 0 bridgehead atoms. The summed E-state index contributed by atoms with van der Waals surface area (Å²) in [5, 5.41) is 2.89. The first kappa shape index (κ1) is 21.2. The van der Waals surface area contributed by atoms with E-state index >= 15 is 0 Å². The Hall–Kier alpha value is -3.06. The van der Waals surface area contributed by atoms with Gasteiger partial charge in [-0.05, 0) is 48.7 Å². The third-order valence-corrected chi connectivity index (χ3v) is 5.87. The number of carbonyl (C=O) groups excluding carboxylic acids is 2. The van der Waals surface area contributed by atoms with Gasteiger partial charge < -0.3 is 24.8 Å². The fourth-order valence-electron chi connectivity index (χ4n) is 4.14. The van der Waals surface area contributed by atoms with Gasteiger partial charge in [-0.2, -0.15) is 0 Å². The number of morpholine rings is 1. The monoisotopic (exact) mass is 422 g/mol. The van der Waals surface area contributed by atoms with E-state index in [-0.39, 0.29) is 24.9 Å². The van der Waals surface area contributed by atoms with Gasteiger partial charge in [0.1, 0.15) is 0 Å². The van der Waals surface area contributed by atoms with Gasteiger partial charge in [0.25, 0.3) is 0 Å². The molecular weight excluding hydrogens is 392 g/mol. The summed E-state index contributed by atoms with van der Waals surface area (Å²) in [6.07, 6.45) is 2.08. The van der Waals surface area contributed by atoms with E-state index < -0.39 is 0 Å². The molecule has 31 heavy (non-hydrogen) atoms. The topological polar surface area (TPSA) is 65.1 Å². The van der Waals surface area contributed by atoms with Crippen molar-refractivity contribution in [3.8, 4) is 0 Å². The van der Waals surface area contributed by atoms with Crippen LogP contribution in [-0.4, -0.2) is 69.7 Å². The van der Waals surface area contributed by atoms with Crippen molar-refractivity contribution in [1.82, 2.24) is 4.90 Å². The molecule has 164 valence electrons. The second-order valence-corrected chi connectivity index (χ2v) is 8.10. The van der Waals surface area contributed by atoms with Gasteiger partial charge in [0, 0.05) is 43.7 Å². The standard InChI is InChI=1S/C24H30N4O3/c1-26(24(30)18-28-12-4-6-19-5-2-3-7-22(19)28)17-23(29)25-20-8-10-21(11-9-20)27-13-15-31-16-14-27/h2-3,5,7-11H,4,6,12-18H2,1H3,(H,25,29). The van der Waals surface area contributed by atoms with Crippen molar-refractivity contribution in [2.45, 2.75) is 12.8 Å². The molecule has 0 aromatic heterocycles. The van der Waals surface area contributed by atoms with Crippen molar-refractivity contribution in [2.75, 3.05) is 68.1 Å². The van der Waals surface area contributed by atoms with Crippen LogP contribution in [0, 0.1) is 0 Å². The van der Waals surface area contributed by atoms with Crippen LogP contribution in [0.1, 0.15) is 12.0 Å². The normalized spacial score (nSPS) is 15.9. The zero-order valence-corrected chi connectivity index (χ0v) is 18.0. The fourth-order valence-corrected chi connectivity index (χ4v) is 4.14. The second-order valence-electron chi connectivity index (χ2n) is 8.10. The smallest absolute Gasteiger partial charge is 0.243 e. The number of nitrogens with one attached hydrogen (secondary N) is 1. The van der Waals surface area contributed by atoms with Crippen LogP contribution >= 0.6 is 0 Å². The molecule has 1 fully saturated rings. The van der Waals surface area contributed by atoms with Crippen LogP contribution in [0.15, 0.2) is 48.5 Å². The van der Waals surface area contributed by atoms with Crippen LogP contribution in [0.3, 0.4) is 0 Å². The first-order chi connectivity index (χ1) is 15.1. The number of rotatable bonds is 6. The van der Waals surface area contributed by atoms with Crippen LogP contribution in [0.2, 0.25) is 0 Å². The molecule has 2 aromatic rings. The average molecular weight is 423 g/mol. The molecule has 0 atom stereocenters. The molecule has 2 aliphatic heterocycles. The Morgan fingerprint density at radius 3 is 2.55 bits per heavy atom. The first-order valence-electron chi connectivity index (χ1n) is 10.9. The molecule has 0 unspecified atom stereocenters. The summed E-state index contributed by atoms with van der Waals surface area (Å²) in [6.45, 7) is 4.40. The minimum absolute atomic E-state index is 0.0273. The zero-order valence-electron chi connectivity index (χ0n) is 18.0. The summed E-state index contributed by atoms with van der Waals surface area (Å²) in [5.74, 6) is -0.261. The molecule has 2 amide bonds. The van der Waals surface area contributed by atoms with Gasteiger partial charge in [-0.15, -0.1) is 0 Å². The van der Waals surface area contributed by atoms with Crippen molar-refractivity contribution in [1.29, 1.82) is 0 Å². The van der Waals surface area contributed by atoms with Crippen molar-refractivity contribution in [2.24, 2.45) is 0 Å². The summed E-state index contributed by atoms with van der Waals surface area (Å²) < 4.78 is 5.39. The van der Waals surface area contributed by atoms with Gasteiger partial charge in [0.15, 0.2) is 0 Å². The highest BCUT2D eigenvalue weighted by Gasteiger charge is 2.21. The summed E-state index contributed by atoms with van der Waals surface area (Å²) >= 11 is 0. The largest absolute Gasteiger partial charge is 0.378 e. The molecule has 7 heteroatoms. The zero-order chi connectivity index (χ0) is 21.6. The number of likely N-dealkylation sites (N-methyl/N-ethyl adjacent to an activating group) is 1. The molecule has 1 N–H and O–H groups in total. The molecule has 2 aliphatic rings. The second kappa shape index (κ2) is 9.83. The quantitative estimate of drug-likeness (QED) is 0.774.